The molecule has 1 unspecified atom stereocenters. The van der Waals surface area contributed by atoms with E-state index in [9.17, 15) is 14.4 Å². The summed E-state index contributed by atoms with van der Waals surface area (Å²) < 4.78 is 0. The fourth-order valence-electron chi connectivity index (χ4n) is 3.27. The topological polar surface area (TPSA) is 101 Å². The second-order valence-corrected chi connectivity index (χ2v) is 5.33. The van der Waals surface area contributed by atoms with Gasteiger partial charge in [0, 0.05) is 11.1 Å². The number of nitrogens with two attached hydrogens (primary N) is 1. The summed E-state index contributed by atoms with van der Waals surface area (Å²) in [5.41, 5.74) is 7.24. The third-order valence-electron chi connectivity index (χ3n) is 4.20. The van der Waals surface area contributed by atoms with Crippen molar-refractivity contribution in [2.75, 3.05) is 0 Å². The predicted molar refractivity (Wildman–Crippen MR) is 77.9 cm³/mol. The van der Waals surface area contributed by atoms with E-state index in [2.05, 4.69) is 10.6 Å². The number of hydrogen-bond donors (Lipinski definition) is 3. The number of benzene rings is 2. The first-order chi connectivity index (χ1) is 10.5. The maximum atomic E-state index is 12.5. The molecular weight excluding hydrogens is 282 g/mol. The second-order valence-electron chi connectivity index (χ2n) is 5.33. The highest BCUT2D eigenvalue weighted by Gasteiger charge is 2.54. The molecule has 4 rings (SSSR count). The number of imide groups is 1. The smallest absolute Gasteiger partial charge is 0.322 e. The summed E-state index contributed by atoms with van der Waals surface area (Å²) in [7, 11) is 0. The summed E-state index contributed by atoms with van der Waals surface area (Å²) >= 11 is 0. The van der Waals surface area contributed by atoms with Crippen LogP contribution in [0.4, 0.5) is 4.79 Å². The Morgan fingerprint density at radius 2 is 1.73 bits per heavy atom. The molecule has 1 heterocycles. The molecule has 1 saturated heterocycles. The van der Waals surface area contributed by atoms with Gasteiger partial charge in [-0.3, -0.25) is 14.9 Å². The van der Waals surface area contributed by atoms with Crippen LogP contribution in [0.25, 0.3) is 11.1 Å². The predicted octanol–water partition coefficient (Wildman–Crippen LogP) is 0.849. The number of urea groups is 1. The van der Waals surface area contributed by atoms with Crippen LogP contribution >= 0.6 is 0 Å². The van der Waals surface area contributed by atoms with Gasteiger partial charge < -0.3 is 11.1 Å². The zero-order chi connectivity index (χ0) is 15.5. The number of fused-ring (bicyclic) bond motifs is 5. The van der Waals surface area contributed by atoms with E-state index < -0.39 is 23.4 Å². The number of primary amides is 1. The molecule has 0 bridgehead atoms. The van der Waals surface area contributed by atoms with E-state index in [1.807, 2.05) is 12.1 Å². The van der Waals surface area contributed by atoms with Crippen molar-refractivity contribution in [3.8, 4) is 11.1 Å². The summed E-state index contributed by atoms with van der Waals surface area (Å²) in [5.74, 6) is -1.04. The van der Waals surface area contributed by atoms with Gasteiger partial charge in [0.25, 0.3) is 5.91 Å². The number of carbonyl (C=O) groups excluding carboxylic acids is 3. The normalized spacial score (nSPS) is 21.3. The molecule has 108 valence electrons. The van der Waals surface area contributed by atoms with Gasteiger partial charge in [-0.1, -0.05) is 30.3 Å². The molecule has 1 aliphatic heterocycles. The van der Waals surface area contributed by atoms with Crippen molar-refractivity contribution in [3.05, 3.63) is 59.2 Å². The SMILES string of the molecule is NC(=O)c1ccc2c(c1)C1(NC(=O)NC1=O)c1ccccc1-2. The molecule has 2 aromatic rings. The minimum absolute atomic E-state index is 0.292. The number of nitrogens with one attached hydrogen (secondary N) is 2. The first-order valence-corrected chi connectivity index (χ1v) is 6.72. The Hall–Kier alpha value is -3.15. The molecule has 1 spiro atoms. The summed E-state index contributed by atoms with van der Waals surface area (Å²) in [5, 5.41) is 4.98. The van der Waals surface area contributed by atoms with E-state index in [4.69, 9.17) is 5.73 Å². The Morgan fingerprint density at radius 3 is 2.41 bits per heavy atom. The van der Waals surface area contributed by atoms with Gasteiger partial charge >= 0.3 is 6.03 Å². The van der Waals surface area contributed by atoms with Crippen LogP contribution in [-0.2, 0) is 10.3 Å². The molecule has 2 aliphatic rings. The van der Waals surface area contributed by atoms with E-state index in [0.717, 1.165) is 11.1 Å². The van der Waals surface area contributed by atoms with E-state index in [0.29, 0.717) is 16.7 Å². The summed E-state index contributed by atoms with van der Waals surface area (Å²) in [4.78, 5) is 35.7. The molecule has 1 aliphatic carbocycles. The van der Waals surface area contributed by atoms with Gasteiger partial charge in [0.1, 0.15) is 0 Å². The Morgan fingerprint density at radius 1 is 1.00 bits per heavy atom. The third-order valence-corrected chi connectivity index (χ3v) is 4.20. The molecule has 4 N–H and O–H groups in total. The maximum absolute atomic E-state index is 12.5. The molecule has 22 heavy (non-hydrogen) atoms. The van der Waals surface area contributed by atoms with E-state index >= 15 is 0 Å². The van der Waals surface area contributed by atoms with Crippen LogP contribution in [0.2, 0.25) is 0 Å². The molecule has 6 heteroatoms. The van der Waals surface area contributed by atoms with Crippen molar-refractivity contribution >= 4 is 17.8 Å². The molecule has 0 radical (unpaired) electrons. The lowest BCUT2D eigenvalue weighted by Gasteiger charge is -2.23. The van der Waals surface area contributed by atoms with Crippen LogP contribution in [0, 0.1) is 0 Å². The number of rotatable bonds is 1. The number of carbonyl (C=O) groups is 3. The Labute approximate surface area is 125 Å². The number of hydrogen-bond acceptors (Lipinski definition) is 3. The highest BCUT2D eigenvalue weighted by molar-refractivity contribution is 6.13. The second kappa shape index (κ2) is 3.94. The van der Waals surface area contributed by atoms with Crippen molar-refractivity contribution in [2.24, 2.45) is 5.73 Å². The van der Waals surface area contributed by atoms with Crippen molar-refractivity contribution < 1.29 is 14.4 Å². The first-order valence-electron chi connectivity index (χ1n) is 6.72. The lowest BCUT2D eigenvalue weighted by molar-refractivity contribution is -0.122. The fraction of sp³-hybridized carbons (Fsp3) is 0.0625. The van der Waals surface area contributed by atoms with Gasteiger partial charge in [0.2, 0.25) is 5.91 Å². The van der Waals surface area contributed by atoms with Crippen LogP contribution < -0.4 is 16.4 Å². The van der Waals surface area contributed by atoms with Gasteiger partial charge in [0.05, 0.1) is 0 Å². The lowest BCUT2D eigenvalue weighted by Crippen LogP contribution is -2.43. The Kier molecular flexibility index (Phi) is 2.25. The maximum Gasteiger partial charge on any atom is 0.322 e. The monoisotopic (exact) mass is 293 g/mol. The molecule has 0 aromatic heterocycles. The minimum atomic E-state index is -1.30. The van der Waals surface area contributed by atoms with Gasteiger partial charge in [-0.15, -0.1) is 0 Å². The summed E-state index contributed by atoms with van der Waals surface area (Å²) in [6.07, 6.45) is 0. The quantitative estimate of drug-likeness (QED) is 0.679. The van der Waals surface area contributed by atoms with Crippen molar-refractivity contribution in [1.29, 1.82) is 0 Å². The first kappa shape index (κ1) is 12.6. The van der Waals surface area contributed by atoms with Crippen LogP contribution in [0.3, 0.4) is 0 Å². The van der Waals surface area contributed by atoms with Crippen LogP contribution in [0.1, 0.15) is 21.5 Å². The lowest BCUT2D eigenvalue weighted by atomic mass is 9.87. The molecule has 1 fully saturated rings. The highest BCUT2D eigenvalue weighted by Crippen LogP contribution is 2.48. The average molecular weight is 293 g/mol. The third kappa shape index (κ3) is 1.36. The van der Waals surface area contributed by atoms with Crippen LogP contribution in [-0.4, -0.2) is 17.8 Å². The Bertz CT molecular complexity index is 875. The average Bonchev–Trinajstić information content (AvgIpc) is 2.96. The van der Waals surface area contributed by atoms with Crippen LogP contribution in [0.5, 0.6) is 0 Å². The van der Waals surface area contributed by atoms with E-state index in [-0.39, 0.29) is 0 Å². The summed E-state index contributed by atoms with van der Waals surface area (Å²) in [6.45, 7) is 0. The molecule has 6 nitrogen and oxygen atoms in total. The van der Waals surface area contributed by atoms with Crippen molar-refractivity contribution in [1.82, 2.24) is 10.6 Å². The van der Waals surface area contributed by atoms with Crippen LogP contribution in [0.15, 0.2) is 42.5 Å². The standard InChI is InChI=1S/C16H11N3O3/c17-13(20)8-5-6-10-9-3-1-2-4-11(9)16(12(10)7-8)14(21)18-15(22)19-16/h1-7H,(H2,17,20)(H2,18,19,21,22). The minimum Gasteiger partial charge on any atom is -0.366 e. The summed E-state index contributed by atoms with van der Waals surface area (Å²) in [6, 6.07) is 11.7. The van der Waals surface area contributed by atoms with Gasteiger partial charge in [-0.05, 0) is 28.8 Å². The molecule has 0 saturated carbocycles. The largest absolute Gasteiger partial charge is 0.366 e. The van der Waals surface area contributed by atoms with Crippen molar-refractivity contribution in [3.63, 3.8) is 0 Å². The Balaban J connectivity index is 2.08. The van der Waals surface area contributed by atoms with Gasteiger partial charge in [-0.2, -0.15) is 0 Å². The molecular formula is C16H11N3O3. The fourth-order valence-corrected chi connectivity index (χ4v) is 3.27. The van der Waals surface area contributed by atoms with Crippen molar-refractivity contribution in [2.45, 2.75) is 5.54 Å². The molecule has 2 aromatic carbocycles. The molecule has 4 amide bonds. The van der Waals surface area contributed by atoms with Gasteiger partial charge in [0.15, 0.2) is 5.54 Å². The molecule has 1 atom stereocenters. The zero-order valence-corrected chi connectivity index (χ0v) is 11.3. The van der Waals surface area contributed by atoms with E-state index in [1.165, 1.54) is 0 Å². The highest BCUT2D eigenvalue weighted by atomic mass is 16.2. The van der Waals surface area contributed by atoms with Gasteiger partial charge in [-0.25, -0.2) is 4.79 Å². The zero-order valence-electron chi connectivity index (χ0n) is 11.3. The number of amides is 4. The van der Waals surface area contributed by atoms with E-state index in [1.54, 1.807) is 30.3 Å².